The molecule has 1 amide bonds. The Balaban J connectivity index is 1.90. The van der Waals surface area contributed by atoms with Crippen LogP contribution >= 0.6 is 0 Å². The Hall–Kier alpha value is -2.89. The van der Waals surface area contributed by atoms with Crippen LogP contribution in [0.15, 0.2) is 30.3 Å². The molecule has 0 bridgehead atoms. The van der Waals surface area contributed by atoms with E-state index in [2.05, 4.69) is 5.32 Å². The summed E-state index contributed by atoms with van der Waals surface area (Å²) < 4.78 is 21.7. The van der Waals surface area contributed by atoms with E-state index >= 15 is 0 Å². The summed E-state index contributed by atoms with van der Waals surface area (Å²) >= 11 is 0. The average molecular weight is 373 g/mol. The molecule has 0 aliphatic rings. The van der Waals surface area contributed by atoms with E-state index in [0.29, 0.717) is 30.4 Å². The molecule has 0 saturated heterocycles. The standard InChI is InChI=1S/C21H27NO5/c1-14-7-6-8-17(15(14)2)27-10-9-21(23)22-13-16-11-19(25-4)20(26-5)12-18(16)24-3/h6-8,11-12H,9-10,13H2,1-5H3,(H,22,23). The largest absolute Gasteiger partial charge is 0.496 e. The number of carbonyl (C=O) groups excluding carboxylic acids is 1. The van der Waals surface area contributed by atoms with Crippen molar-refractivity contribution < 1.29 is 23.7 Å². The predicted molar refractivity (Wildman–Crippen MR) is 104 cm³/mol. The smallest absolute Gasteiger partial charge is 0.223 e. The van der Waals surface area contributed by atoms with Gasteiger partial charge in [-0.05, 0) is 37.1 Å². The second kappa shape index (κ2) is 9.71. The molecule has 0 radical (unpaired) electrons. The van der Waals surface area contributed by atoms with Gasteiger partial charge in [0.15, 0.2) is 11.5 Å². The van der Waals surface area contributed by atoms with Gasteiger partial charge in [-0.15, -0.1) is 0 Å². The van der Waals surface area contributed by atoms with Crippen LogP contribution in [0.5, 0.6) is 23.0 Å². The second-order valence-corrected chi connectivity index (χ2v) is 6.09. The maximum absolute atomic E-state index is 12.1. The second-order valence-electron chi connectivity index (χ2n) is 6.09. The minimum absolute atomic E-state index is 0.0999. The summed E-state index contributed by atoms with van der Waals surface area (Å²) in [5.74, 6) is 2.49. The molecule has 0 saturated carbocycles. The molecular weight excluding hydrogens is 346 g/mol. The normalized spacial score (nSPS) is 10.3. The van der Waals surface area contributed by atoms with E-state index in [0.717, 1.165) is 22.4 Å². The zero-order valence-corrected chi connectivity index (χ0v) is 16.5. The van der Waals surface area contributed by atoms with Gasteiger partial charge < -0.3 is 24.3 Å². The molecule has 0 spiro atoms. The minimum Gasteiger partial charge on any atom is -0.496 e. The molecule has 0 aliphatic carbocycles. The zero-order chi connectivity index (χ0) is 19.8. The average Bonchev–Trinajstić information content (AvgIpc) is 2.68. The lowest BCUT2D eigenvalue weighted by atomic mass is 10.1. The lowest BCUT2D eigenvalue weighted by Gasteiger charge is -2.15. The first-order valence-electron chi connectivity index (χ1n) is 8.74. The van der Waals surface area contributed by atoms with Gasteiger partial charge in [0.2, 0.25) is 5.91 Å². The van der Waals surface area contributed by atoms with Gasteiger partial charge in [-0.3, -0.25) is 4.79 Å². The van der Waals surface area contributed by atoms with E-state index in [1.165, 1.54) is 0 Å². The highest BCUT2D eigenvalue weighted by molar-refractivity contribution is 5.76. The number of methoxy groups -OCH3 is 3. The van der Waals surface area contributed by atoms with Crippen molar-refractivity contribution in [3.63, 3.8) is 0 Å². The molecule has 0 heterocycles. The van der Waals surface area contributed by atoms with Crippen LogP contribution in [0.25, 0.3) is 0 Å². The number of nitrogens with one attached hydrogen (secondary N) is 1. The predicted octanol–water partition coefficient (Wildman–Crippen LogP) is 3.41. The summed E-state index contributed by atoms with van der Waals surface area (Å²) in [6.45, 7) is 4.69. The molecule has 6 heteroatoms. The van der Waals surface area contributed by atoms with Gasteiger partial charge in [0.25, 0.3) is 0 Å². The Morgan fingerprint density at radius 1 is 0.926 bits per heavy atom. The molecule has 146 valence electrons. The van der Waals surface area contributed by atoms with Crippen LogP contribution in [0.3, 0.4) is 0 Å². The summed E-state index contributed by atoms with van der Waals surface area (Å²) in [4.78, 5) is 12.1. The Morgan fingerprint density at radius 3 is 2.26 bits per heavy atom. The van der Waals surface area contributed by atoms with Gasteiger partial charge >= 0.3 is 0 Å². The van der Waals surface area contributed by atoms with E-state index < -0.39 is 0 Å². The van der Waals surface area contributed by atoms with E-state index in [1.807, 2.05) is 32.0 Å². The van der Waals surface area contributed by atoms with Gasteiger partial charge in [-0.1, -0.05) is 12.1 Å². The molecule has 2 rings (SSSR count). The molecular formula is C21H27NO5. The molecule has 1 N–H and O–H groups in total. The van der Waals surface area contributed by atoms with Crippen LogP contribution in [-0.4, -0.2) is 33.8 Å². The van der Waals surface area contributed by atoms with Crippen molar-refractivity contribution >= 4 is 5.91 Å². The molecule has 0 aliphatic heterocycles. The number of carbonyl (C=O) groups is 1. The highest BCUT2D eigenvalue weighted by atomic mass is 16.5. The third kappa shape index (κ3) is 5.29. The Bertz CT molecular complexity index is 788. The van der Waals surface area contributed by atoms with Crippen molar-refractivity contribution in [1.82, 2.24) is 5.32 Å². The topological polar surface area (TPSA) is 66.0 Å². The lowest BCUT2D eigenvalue weighted by Crippen LogP contribution is -2.24. The number of aryl methyl sites for hydroxylation is 1. The van der Waals surface area contributed by atoms with Gasteiger partial charge in [-0.2, -0.15) is 0 Å². The fraction of sp³-hybridized carbons (Fsp3) is 0.381. The Labute approximate surface area is 160 Å². The first-order chi connectivity index (χ1) is 13.0. The maximum atomic E-state index is 12.1. The lowest BCUT2D eigenvalue weighted by molar-refractivity contribution is -0.121. The fourth-order valence-corrected chi connectivity index (χ4v) is 2.65. The molecule has 0 unspecified atom stereocenters. The SMILES string of the molecule is COc1cc(OC)c(OC)cc1CNC(=O)CCOc1cccc(C)c1C. The van der Waals surface area contributed by atoms with Crippen molar-refractivity contribution in [2.45, 2.75) is 26.8 Å². The van der Waals surface area contributed by atoms with Crippen LogP contribution in [0.1, 0.15) is 23.1 Å². The summed E-state index contributed by atoms with van der Waals surface area (Å²) in [5.41, 5.74) is 3.06. The van der Waals surface area contributed by atoms with Crippen LogP contribution in [0.2, 0.25) is 0 Å². The molecule has 2 aromatic carbocycles. The number of benzene rings is 2. The van der Waals surface area contributed by atoms with E-state index in [9.17, 15) is 4.79 Å². The molecule has 6 nitrogen and oxygen atoms in total. The van der Waals surface area contributed by atoms with Gasteiger partial charge in [0, 0.05) is 18.2 Å². The monoisotopic (exact) mass is 373 g/mol. The quantitative estimate of drug-likeness (QED) is 0.730. The van der Waals surface area contributed by atoms with Crippen LogP contribution in [0, 0.1) is 13.8 Å². The highest BCUT2D eigenvalue weighted by Crippen LogP contribution is 2.34. The molecule has 27 heavy (non-hydrogen) atoms. The van der Waals surface area contributed by atoms with Crippen LogP contribution in [0.4, 0.5) is 0 Å². The van der Waals surface area contributed by atoms with Crippen LogP contribution in [-0.2, 0) is 11.3 Å². The summed E-state index contributed by atoms with van der Waals surface area (Å²) in [6.07, 6.45) is 0.267. The summed E-state index contributed by atoms with van der Waals surface area (Å²) in [5, 5.41) is 2.88. The number of hydrogen-bond acceptors (Lipinski definition) is 5. The Morgan fingerprint density at radius 2 is 1.59 bits per heavy atom. The van der Waals surface area contributed by atoms with E-state index in [1.54, 1.807) is 33.5 Å². The zero-order valence-electron chi connectivity index (χ0n) is 16.5. The summed E-state index contributed by atoms with van der Waals surface area (Å²) in [6, 6.07) is 9.43. The molecule has 0 aromatic heterocycles. The number of ether oxygens (including phenoxy) is 4. The van der Waals surface area contributed by atoms with Crippen molar-refractivity contribution in [3.05, 3.63) is 47.0 Å². The van der Waals surface area contributed by atoms with Crippen LogP contribution < -0.4 is 24.3 Å². The number of hydrogen-bond donors (Lipinski definition) is 1. The van der Waals surface area contributed by atoms with Crippen molar-refractivity contribution in [1.29, 1.82) is 0 Å². The Kier molecular flexibility index (Phi) is 7.34. The number of rotatable bonds is 9. The molecule has 2 aromatic rings. The van der Waals surface area contributed by atoms with E-state index in [4.69, 9.17) is 18.9 Å². The third-order valence-electron chi connectivity index (χ3n) is 4.40. The van der Waals surface area contributed by atoms with Gasteiger partial charge in [-0.25, -0.2) is 0 Å². The fourth-order valence-electron chi connectivity index (χ4n) is 2.65. The minimum atomic E-state index is -0.0999. The first-order valence-corrected chi connectivity index (χ1v) is 8.74. The number of amides is 1. The van der Waals surface area contributed by atoms with Gasteiger partial charge in [0.05, 0.1) is 34.4 Å². The first kappa shape index (κ1) is 20.4. The molecule has 0 atom stereocenters. The van der Waals surface area contributed by atoms with Crippen molar-refractivity contribution in [2.75, 3.05) is 27.9 Å². The van der Waals surface area contributed by atoms with Gasteiger partial charge in [0.1, 0.15) is 11.5 Å². The summed E-state index contributed by atoms with van der Waals surface area (Å²) in [7, 11) is 4.70. The molecule has 0 fully saturated rings. The van der Waals surface area contributed by atoms with Crippen molar-refractivity contribution in [3.8, 4) is 23.0 Å². The highest BCUT2D eigenvalue weighted by Gasteiger charge is 2.13. The van der Waals surface area contributed by atoms with E-state index in [-0.39, 0.29) is 12.3 Å². The van der Waals surface area contributed by atoms with Crippen molar-refractivity contribution in [2.24, 2.45) is 0 Å². The third-order valence-corrected chi connectivity index (χ3v) is 4.40. The maximum Gasteiger partial charge on any atom is 0.223 e.